The fourth-order valence-electron chi connectivity index (χ4n) is 1.91. The molecule has 0 aliphatic carbocycles. The van der Waals surface area contributed by atoms with Crippen molar-refractivity contribution in [1.82, 2.24) is 0 Å². The molecule has 0 amide bonds. The number of halogens is 2. The number of Topliss-reactive ketones (excluding diaryl/α,β-unsaturated/α-hetero) is 1. The quantitative estimate of drug-likeness (QED) is 0.801. The minimum atomic E-state index is -0.921. The van der Waals surface area contributed by atoms with Gasteiger partial charge in [0.2, 0.25) is 0 Å². The summed E-state index contributed by atoms with van der Waals surface area (Å²) in [5, 5.41) is 0. The zero-order valence-electron chi connectivity index (χ0n) is 10.4. The fraction of sp³-hybridized carbons (Fsp3) is 0.188. The van der Waals surface area contributed by atoms with E-state index in [2.05, 4.69) is 0 Å². The molecule has 19 heavy (non-hydrogen) atoms. The highest BCUT2D eigenvalue weighted by Gasteiger charge is 2.11. The first-order valence-corrected chi connectivity index (χ1v) is 6.15. The second kappa shape index (κ2) is 6.23. The minimum Gasteiger partial charge on any atom is -0.299 e. The second-order valence-corrected chi connectivity index (χ2v) is 4.41. The molecule has 0 saturated heterocycles. The Balaban J connectivity index is 1.93. The Kier molecular flexibility index (Phi) is 4.39. The topological polar surface area (TPSA) is 17.1 Å². The summed E-state index contributed by atoms with van der Waals surface area (Å²) in [5.74, 6) is -1.92. The smallest absolute Gasteiger partial charge is 0.162 e. The Bertz CT molecular complexity index is 564. The summed E-state index contributed by atoms with van der Waals surface area (Å²) in [6.07, 6.45) is 0.896. The normalized spacial score (nSPS) is 10.4. The van der Waals surface area contributed by atoms with Gasteiger partial charge in [0.15, 0.2) is 11.6 Å². The molecule has 0 radical (unpaired) electrons. The lowest BCUT2D eigenvalue weighted by Gasteiger charge is -2.04. The van der Waals surface area contributed by atoms with E-state index in [0.29, 0.717) is 12.8 Å². The number of aryl methyl sites for hydroxylation is 1. The molecular formula is C16H14F2O. The van der Waals surface area contributed by atoms with E-state index in [9.17, 15) is 13.6 Å². The molecule has 0 bridgehead atoms. The van der Waals surface area contributed by atoms with Crippen LogP contribution in [0.1, 0.15) is 17.5 Å². The Morgan fingerprint density at radius 2 is 1.68 bits per heavy atom. The predicted octanol–water partition coefficient (Wildman–Crippen LogP) is 3.71. The lowest BCUT2D eigenvalue weighted by molar-refractivity contribution is -0.118. The molecule has 0 atom stereocenters. The molecule has 0 aromatic heterocycles. The summed E-state index contributed by atoms with van der Waals surface area (Å²) in [7, 11) is 0. The van der Waals surface area contributed by atoms with Crippen LogP contribution < -0.4 is 0 Å². The van der Waals surface area contributed by atoms with Gasteiger partial charge in [-0.25, -0.2) is 8.78 Å². The van der Waals surface area contributed by atoms with Crippen molar-refractivity contribution < 1.29 is 13.6 Å². The first-order chi connectivity index (χ1) is 9.16. The van der Waals surface area contributed by atoms with Crippen molar-refractivity contribution in [3.63, 3.8) is 0 Å². The Hall–Kier alpha value is -2.03. The number of rotatable bonds is 5. The first kappa shape index (κ1) is 13.4. The molecule has 2 aromatic rings. The Labute approximate surface area is 110 Å². The van der Waals surface area contributed by atoms with Gasteiger partial charge in [-0.1, -0.05) is 42.5 Å². The molecule has 0 aliphatic heterocycles. The number of hydrogen-bond donors (Lipinski definition) is 0. The molecule has 98 valence electrons. The summed E-state index contributed by atoms with van der Waals surface area (Å²) in [5.41, 5.74) is 1.19. The molecule has 3 heteroatoms. The highest BCUT2D eigenvalue weighted by atomic mass is 19.2. The monoisotopic (exact) mass is 260 g/mol. The van der Waals surface area contributed by atoms with E-state index in [4.69, 9.17) is 0 Å². The van der Waals surface area contributed by atoms with E-state index in [1.807, 2.05) is 30.3 Å². The van der Waals surface area contributed by atoms with Gasteiger partial charge in [0, 0.05) is 12.8 Å². The summed E-state index contributed by atoms with van der Waals surface area (Å²) < 4.78 is 26.4. The first-order valence-electron chi connectivity index (χ1n) is 6.15. The third-order valence-electron chi connectivity index (χ3n) is 2.95. The zero-order chi connectivity index (χ0) is 13.7. The molecule has 0 spiro atoms. The molecule has 1 nitrogen and oxygen atoms in total. The van der Waals surface area contributed by atoms with Crippen LogP contribution in [0.5, 0.6) is 0 Å². The number of carbonyl (C=O) groups excluding carboxylic acids is 1. The highest BCUT2D eigenvalue weighted by molar-refractivity contribution is 5.81. The number of carbonyl (C=O) groups is 1. The van der Waals surface area contributed by atoms with Crippen LogP contribution in [0, 0.1) is 11.6 Å². The summed E-state index contributed by atoms with van der Waals surface area (Å²) in [6.45, 7) is 0. The van der Waals surface area contributed by atoms with Crippen LogP contribution in [-0.2, 0) is 17.6 Å². The molecule has 0 aliphatic rings. The number of benzene rings is 2. The average Bonchev–Trinajstić information content (AvgIpc) is 2.43. The maximum Gasteiger partial charge on any atom is 0.162 e. The third-order valence-corrected chi connectivity index (χ3v) is 2.95. The van der Waals surface area contributed by atoms with Gasteiger partial charge in [-0.2, -0.15) is 0 Å². The van der Waals surface area contributed by atoms with Crippen LogP contribution in [0.3, 0.4) is 0 Å². The van der Waals surface area contributed by atoms with Gasteiger partial charge in [0.1, 0.15) is 5.78 Å². The molecule has 0 N–H and O–H groups in total. The fourth-order valence-corrected chi connectivity index (χ4v) is 1.91. The lowest BCUT2D eigenvalue weighted by Crippen LogP contribution is -2.06. The van der Waals surface area contributed by atoms with E-state index < -0.39 is 11.6 Å². The molecule has 0 fully saturated rings. The molecule has 2 rings (SSSR count). The number of hydrogen-bond acceptors (Lipinski definition) is 1. The van der Waals surface area contributed by atoms with Gasteiger partial charge in [0.25, 0.3) is 0 Å². The average molecular weight is 260 g/mol. The molecule has 0 heterocycles. The van der Waals surface area contributed by atoms with Crippen molar-refractivity contribution in [2.45, 2.75) is 19.3 Å². The number of ketones is 1. The van der Waals surface area contributed by atoms with Crippen LogP contribution >= 0.6 is 0 Å². The van der Waals surface area contributed by atoms with E-state index >= 15 is 0 Å². The standard InChI is InChI=1S/C16H14F2O/c17-15-8-4-7-13(16(15)18)11-14(19)10-9-12-5-2-1-3-6-12/h1-8H,9-11H2. The molecular weight excluding hydrogens is 246 g/mol. The molecule has 2 aromatic carbocycles. The maximum atomic E-state index is 13.4. The van der Waals surface area contributed by atoms with Crippen molar-refractivity contribution in [3.8, 4) is 0 Å². The van der Waals surface area contributed by atoms with Crippen molar-refractivity contribution in [2.24, 2.45) is 0 Å². The Morgan fingerprint density at radius 1 is 0.947 bits per heavy atom. The predicted molar refractivity (Wildman–Crippen MR) is 69.8 cm³/mol. The summed E-state index contributed by atoms with van der Waals surface area (Å²) >= 11 is 0. The van der Waals surface area contributed by atoms with Crippen LogP contribution in [0.2, 0.25) is 0 Å². The SMILES string of the molecule is O=C(CCc1ccccc1)Cc1cccc(F)c1F. The van der Waals surface area contributed by atoms with Gasteiger partial charge in [-0.15, -0.1) is 0 Å². The lowest BCUT2D eigenvalue weighted by atomic mass is 10.0. The van der Waals surface area contributed by atoms with Gasteiger partial charge < -0.3 is 0 Å². The van der Waals surface area contributed by atoms with Gasteiger partial charge in [0.05, 0.1) is 0 Å². The third kappa shape index (κ3) is 3.71. The van der Waals surface area contributed by atoms with Gasteiger partial charge in [-0.05, 0) is 23.6 Å². The van der Waals surface area contributed by atoms with Gasteiger partial charge >= 0.3 is 0 Å². The molecule has 0 unspecified atom stereocenters. The van der Waals surface area contributed by atoms with Crippen LogP contribution in [0.15, 0.2) is 48.5 Å². The van der Waals surface area contributed by atoms with Crippen molar-refractivity contribution in [1.29, 1.82) is 0 Å². The largest absolute Gasteiger partial charge is 0.299 e. The van der Waals surface area contributed by atoms with E-state index in [0.717, 1.165) is 11.6 Å². The van der Waals surface area contributed by atoms with E-state index in [1.54, 1.807) is 0 Å². The minimum absolute atomic E-state index is 0.0591. The summed E-state index contributed by atoms with van der Waals surface area (Å²) in [6, 6.07) is 13.5. The maximum absolute atomic E-state index is 13.4. The van der Waals surface area contributed by atoms with Gasteiger partial charge in [-0.3, -0.25) is 4.79 Å². The van der Waals surface area contributed by atoms with E-state index in [-0.39, 0.29) is 17.8 Å². The molecule has 0 saturated carbocycles. The van der Waals surface area contributed by atoms with Crippen LogP contribution in [0.25, 0.3) is 0 Å². The Morgan fingerprint density at radius 3 is 2.42 bits per heavy atom. The zero-order valence-corrected chi connectivity index (χ0v) is 10.4. The van der Waals surface area contributed by atoms with Crippen LogP contribution in [0.4, 0.5) is 8.78 Å². The highest BCUT2D eigenvalue weighted by Crippen LogP contribution is 2.13. The van der Waals surface area contributed by atoms with Crippen LogP contribution in [-0.4, -0.2) is 5.78 Å². The van der Waals surface area contributed by atoms with E-state index in [1.165, 1.54) is 12.1 Å². The van der Waals surface area contributed by atoms with Crippen molar-refractivity contribution in [3.05, 3.63) is 71.3 Å². The summed E-state index contributed by atoms with van der Waals surface area (Å²) in [4.78, 5) is 11.8. The van der Waals surface area contributed by atoms with Crippen molar-refractivity contribution in [2.75, 3.05) is 0 Å². The van der Waals surface area contributed by atoms with Crippen molar-refractivity contribution >= 4 is 5.78 Å². The second-order valence-electron chi connectivity index (χ2n) is 4.41.